The molecule has 1 aliphatic rings. The van der Waals surface area contributed by atoms with E-state index in [9.17, 15) is 9.59 Å². The Morgan fingerprint density at radius 1 is 1.20 bits per heavy atom. The maximum atomic E-state index is 12.4. The number of hydrogen-bond donors (Lipinski definition) is 1. The molecule has 0 fully saturated rings. The minimum absolute atomic E-state index is 0.150. The van der Waals surface area contributed by atoms with Crippen LogP contribution in [-0.2, 0) is 17.8 Å². The second kappa shape index (κ2) is 4.77. The Labute approximate surface area is 116 Å². The van der Waals surface area contributed by atoms with Gasteiger partial charge in [0, 0.05) is 17.4 Å². The first-order valence-corrected chi connectivity index (χ1v) is 6.28. The zero-order chi connectivity index (χ0) is 14.1. The molecule has 5 heteroatoms. The summed E-state index contributed by atoms with van der Waals surface area (Å²) in [5.41, 5.74) is 8.20. The molecule has 1 aliphatic heterocycles. The third-order valence-corrected chi connectivity index (χ3v) is 3.30. The molecule has 0 bridgehead atoms. The predicted octanol–water partition coefficient (Wildman–Crippen LogP) is 1.39. The van der Waals surface area contributed by atoms with Gasteiger partial charge in [-0.05, 0) is 23.8 Å². The maximum absolute atomic E-state index is 12.4. The third kappa shape index (κ3) is 2.14. The Kier molecular flexibility index (Phi) is 2.95. The Morgan fingerprint density at radius 2 is 2.00 bits per heavy atom. The van der Waals surface area contributed by atoms with Crippen molar-refractivity contribution in [2.24, 2.45) is 0 Å². The number of aromatic nitrogens is 1. The molecule has 0 saturated heterocycles. The van der Waals surface area contributed by atoms with Crippen LogP contribution in [0.4, 0.5) is 5.69 Å². The van der Waals surface area contributed by atoms with Crippen LogP contribution in [0.2, 0.25) is 0 Å². The van der Waals surface area contributed by atoms with Gasteiger partial charge in [-0.15, -0.1) is 0 Å². The van der Waals surface area contributed by atoms with Crippen molar-refractivity contribution in [3.63, 3.8) is 0 Å². The maximum Gasteiger partial charge on any atom is 0.261 e. The average molecular weight is 267 g/mol. The number of amides is 2. The van der Waals surface area contributed by atoms with Crippen molar-refractivity contribution >= 4 is 17.5 Å². The van der Waals surface area contributed by atoms with Crippen LogP contribution >= 0.6 is 0 Å². The average Bonchev–Trinajstić information content (AvgIpc) is 2.43. The van der Waals surface area contributed by atoms with Gasteiger partial charge < -0.3 is 5.73 Å². The summed E-state index contributed by atoms with van der Waals surface area (Å²) in [6.45, 7) is 0.150. The molecule has 0 saturated carbocycles. The lowest BCUT2D eigenvalue weighted by molar-refractivity contribution is -0.128. The summed E-state index contributed by atoms with van der Waals surface area (Å²) in [5, 5.41) is 0. The molecule has 1 aromatic carbocycles. The predicted molar refractivity (Wildman–Crippen MR) is 73.7 cm³/mol. The molecule has 20 heavy (non-hydrogen) atoms. The molecule has 2 heterocycles. The summed E-state index contributed by atoms with van der Waals surface area (Å²) in [5.74, 6) is -0.487. The van der Waals surface area contributed by atoms with Crippen LogP contribution in [0.25, 0.3) is 0 Å². The molecule has 0 unspecified atom stereocenters. The molecule has 100 valence electrons. The van der Waals surface area contributed by atoms with Crippen molar-refractivity contribution in [2.45, 2.75) is 13.0 Å². The number of carbonyl (C=O) groups excluding carboxylic acids is 2. The number of hydrogen-bond acceptors (Lipinski definition) is 4. The number of imide groups is 1. The number of rotatable bonds is 2. The molecular weight excluding hydrogens is 254 g/mol. The van der Waals surface area contributed by atoms with Gasteiger partial charge in [0.1, 0.15) is 0 Å². The van der Waals surface area contributed by atoms with Gasteiger partial charge in [0.15, 0.2) is 0 Å². The normalized spacial score (nSPS) is 14.3. The fourth-order valence-electron chi connectivity index (χ4n) is 2.31. The molecule has 2 amide bonds. The van der Waals surface area contributed by atoms with Crippen LogP contribution in [0.15, 0.2) is 42.6 Å². The lowest BCUT2D eigenvalue weighted by Gasteiger charge is -2.26. The Bertz CT molecular complexity index is 697. The number of anilines is 1. The van der Waals surface area contributed by atoms with E-state index in [0.29, 0.717) is 16.9 Å². The molecule has 5 nitrogen and oxygen atoms in total. The van der Waals surface area contributed by atoms with Gasteiger partial charge >= 0.3 is 0 Å². The molecule has 2 N–H and O–H groups in total. The summed E-state index contributed by atoms with van der Waals surface area (Å²) in [4.78, 5) is 29.8. The Balaban J connectivity index is 1.91. The summed E-state index contributed by atoms with van der Waals surface area (Å²) < 4.78 is 0. The fraction of sp³-hybridized carbons (Fsp3) is 0.133. The highest BCUT2D eigenvalue weighted by Crippen LogP contribution is 2.21. The van der Waals surface area contributed by atoms with Crippen molar-refractivity contribution < 1.29 is 9.59 Å². The highest BCUT2D eigenvalue weighted by Gasteiger charge is 2.30. The number of nitrogens with zero attached hydrogens (tertiary/aromatic N) is 2. The highest BCUT2D eigenvalue weighted by atomic mass is 16.2. The van der Waals surface area contributed by atoms with Crippen molar-refractivity contribution in [2.75, 3.05) is 5.73 Å². The van der Waals surface area contributed by atoms with E-state index in [2.05, 4.69) is 4.98 Å². The van der Waals surface area contributed by atoms with Crippen LogP contribution in [0.1, 0.15) is 21.6 Å². The van der Waals surface area contributed by atoms with Gasteiger partial charge in [0.25, 0.3) is 5.91 Å². The van der Waals surface area contributed by atoms with Crippen LogP contribution in [-0.4, -0.2) is 21.7 Å². The van der Waals surface area contributed by atoms with E-state index in [1.54, 1.807) is 36.5 Å². The Morgan fingerprint density at radius 3 is 2.80 bits per heavy atom. The molecule has 1 aromatic heterocycles. The van der Waals surface area contributed by atoms with E-state index in [-0.39, 0.29) is 24.8 Å². The van der Waals surface area contributed by atoms with Gasteiger partial charge in [-0.3, -0.25) is 19.5 Å². The molecule has 3 rings (SSSR count). The van der Waals surface area contributed by atoms with Crippen LogP contribution in [0.3, 0.4) is 0 Å². The number of fused-ring (bicyclic) bond motifs is 1. The van der Waals surface area contributed by atoms with Crippen molar-refractivity contribution in [1.82, 2.24) is 9.88 Å². The van der Waals surface area contributed by atoms with Crippen LogP contribution in [0.5, 0.6) is 0 Å². The first-order chi connectivity index (χ1) is 9.65. The van der Waals surface area contributed by atoms with E-state index in [4.69, 9.17) is 5.73 Å². The quantitative estimate of drug-likeness (QED) is 0.834. The second-order valence-corrected chi connectivity index (χ2v) is 4.70. The van der Waals surface area contributed by atoms with Crippen LogP contribution < -0.4 is 5.73 Å². The summed E-state index contributed by atoms with van der Waals surface area (Å²) in [6, 6.07) is 10.5. The zero-order valence-electron chi connectivity index (χ0n) is 10.7. The largest absolute Gasteiger partial charge is 0.399 e. The van der Waals surface area contributed by atoms with Crippen LogP contribution in [0, 0.1) is 0 Å². The van der Waals surface area contributed by atoms with Gasteiger partial charge in [-0.2, -0.15) is 0 Å². The first kappa shape index (κ1) is 12.3. The summed E-state index contributed by atoms with van der Waals surface area (Å²) in [6.07, 6.45) is 1.81. The lowest BCUT2D eigenvalue weighted by atomic mass is 9.98. The van der Waals surface area contributed by atoms with Crippen molar-refractivity contribution in [3.8, 4) is 0 Å². The second-order valence-electron chi connectivity index (χ2n) is 4.70. The standard InChI is InChI=1S/C15H13N3O2/c16-11-5-6-17-12(8-11)9-18-14(19)7-10-3-1-2-4-13(10)15(18)20/h1-6,8H,7,9H2,(H2,16,17). The highest BCUT2D eigenvalue weighted by molar-refractivity contribution is 6.09. The van der Waals surface area contributed by atoms with E-state index in [0.717, 1.165) is 5.56 Å². The van der Waals surface area contributed by atoms with E-state index in [1.807, 2.05) is 6.07 Å². The monoisotopic (exact) mass is 267 g/mol. The minimum Gasteiger partial charge on any atom is -0.399 e. The topological polar surface area (TPSA) is 76.3 Å². The number of nitrogen functional groups attached to an aromatic ring is 1. The number of carbonyl (C=O) groups is 2. The van der Waals surface area contributed by atoms with Gasteiger partial charge in [0.05, 0.1) is 18.7 Å². The summed E-state index contributed by atoms with van der Waals surface area (Å²) >= 11 is 0. The third-order valence-electron chi connectivity index (χ3n) is 3.30. The molecule has 0 radical (unpaired) electrons. The van der Waals surface area contributed by atoms with Gasteiger partial charge in [-0.25, -0.2) is 0 Å². The molecule has 0 atom stereocenters. The number of benzene rings is 1. The fourth-order valence-corrected chi connectivity index (χ4v) is 2.31. The van der Waals surface area contributed by atoms with Gasteiger partial charge in [0.2, 0.25) is 5.91 Å². The zero-order valence-corrected chi connectivity index (χ0v) is 10.7. The number of nitrogens with two attached hydrogens (primary N) is 1. The van der Waals surface area contributed by atoms with Crippen molar-refractivity contribution in [3.05, 3.63) is 59.4 Å². The SMILES string of the molecule is Nc1ccnc(CN2C(=O)Cc3ccccc3C2=O)c1. The van der Waals surface area contributed by atoms with Gasteiger partial charge in [-0.1, -0.05) is 18.2 Å². The molecule has 0 aliphatic carbocycles. The molecular formula is C15H13N3O2. The Hall–Kier alpha value is -2.69. The molecule has 2 aromatic rings. The molecule has 0 spiro atoms. The minimum atomic E-state index is -0.277. The number of pyridine rings is 1. The van der Waals surface area contributed by atoms with E-state index < -0.39 is 0 Å². The van der Waals surface area contributed by atoms with E-state index in [1.165, 1.54) is 4.90 Å². The lowest BCUT2D eigenvalue weighted by Crippen LogP contribution is -2.41. The summed E-state index contributed by atoms with van der Waals surface area (Å²) in [7, 11) is 0. The first-order valence-electron chi connectivity index (χ1n) is 6.28. The van der Waals surface area contributed by atoms with Crippen molar-refractivity contribution in [1.29, 1.82) is 0 Å². The van der Waals surface area contributed by atoms with E-state index >= 15 is 0 Å². The smallest absolute Gasteiger partial charge is 0.261 e.